The average Bonchev–Trinajstić information content (AvgIpc) is 2.62. The summed E-state index contributed by atoms with van der Waals surface area (Å²) < 4.78 is 27.4. The van der Waals surface area contributed by atoms with E-state index in [0.29, 0.717) is 18.8 Å². The lowest BCUT2D eigenvalue weighted by atomic mass is 10.2. The van der Waals surface area contributed by atoms with Gasteiger partial charge in [-0.15, -0.1) is 0 Å². The molecule has 6 nitrogen and oxygen atoms in total. The number of carbonyl (C=O) groups excluding carboxylic acids is 1. The summed E-state index contributed by atoms with van der Waals surface area (Å²) in [7, 11) is -3.59. The number of hydrogen-bond acceptors (Lipinski definition) is 4. The highest BCUT2D eigenvalue weighted by Crippen LogP contribution is 2.21. The van der Waals surface area contributed by atoms with Crippen LogP contribution >= 0.6 is 0 Å². The Morgan fingerprint density at radius 2 is 1.52 bits per heavy atom. The zero-order valence-electron chi connectivity index (χ0n) is 14.1. The first-order valence-corrected chi connectivity index (χ1v) is 9.60. The first-order chi connectivity index (χ1) is 12.0. The Labute approximate surface area is 148 Å². The number of rotatable bonds is 5. The lowest BCUT2D eigenvalue weighted by Crippen LogP contribution is -2.45. The maximum atomic E-state index is 12.4. The van der Waals surface area contributed by atoms with Gasteiger partial charge in [0.2, 0.25) is 6.41 Å². The topological polar surface area (TPSA) is 69.7 Å². The molecule has 1 aliphatic rings. The van der Waals surface area contributed by atoms with Crippen molar-refractivity contribution >= 4 is 27.8 Å². The van der Waals surface area contributed by atoms with Crippen LogP contribution in [0.2, 0.25) is 0 Å². The van der Waals surface area contributed by atoms with Crippen LogP contribution in [-0.4, -0.2) is 45.9 Å². The highest BCUT2D eigenvalue weighted by atomic mass is 32.2. The number of nitrogens with zero attached hydrogens (tertiary/aromatic N) is 2. The van der Waals surface area contributed by atoms with Gasteiger partial charge in [-0.05, 0) is 43.3 Å². The Morgan fingerprint density at radius 1 is 0.920 bits per heavy atom. The summed E-state index contributed by atoms with van der Waals surface area (Å²) in [5.74, 6) is 0. The number of hydrogen-bond donors (Lipinski definition) is 1. The van der Waals surface area contributed by atoms with Gasteiger partial charge in [0.15, 0.2) is 0 Å². The predicted molar refractivity (Wildman–Crippen MR) is 98.3 cm³/mol. The summed E-state index contributed by atoms with van der Waals surface area (Å²) in [6.45, 7) is 4.86. The molecule has 0 aromatic heterocycles. The van der Waals surface area contributed by atoms with Gasteiger partial charge in [0.1, 0.15) is 0 Å². The van der Waals surface area contributed by atoms with Gasteiger partial charge >= 0.3 is 0 Å². The van der Waals surface area contributed by atoms with E-state index in [2.05, 4.69) is 9.62 Å². The molecule has 0 saturated carbocycles. The van der Waals surface area contributed by atoms with Gasteiger partial charge in [-0.2, -0.15) is 0 Å². The number of sulfonamides is 1. The molecule has 7 heteroatoms. The van der Waals surface area contributed by atoms with Gasteiger partial charge < -0.3 is 9.80 Å². The molecule has 1 N–H and O–H groups in total. The Kier molecular flexibility index (Phi) is 4.94. The fourth-order valence-electron chi connectivity index (χ4n) is 2.76. The molecule has 0 atom stereocenters. The van der Waals surface area contributed by atoms with Gasteiger partial charge in [0.05, 0.1) is 4.90 Å². The highest BCUT2D eigenvalue weighted by molar-refractivity contribution is 7.92. The molecule has 0 unspecified atom stereocenters. The zero-order chi connectivity index (χ0) is 17.9. The molecule has 0 spiro atoms. The zero-order valence-corrected chi connectivity index (χ0v) is 14.9. The summed E-state index contributed by atoms with van der Waals surface area (Å²) in [5, 5.41) is 0. The Hall–Kier alpha value is -2.54. The minimum Gasteiger partial charge on any atom is -0.368 e. The van der Waals surface area contributed by atoms with E-state index in [0.717, 1.165) is 30.8 Å². The largest absolute Gasteiger partial charge is 0.368 e. The monoisotopic (exact) mass is 359 g/mol. The number of amides is 1. The van der Waals surface area contributed by atoms with Crippen molar-refractivity contribution in [2.24, 2.45) is 0 Å². The van der Waals surface area contributed by atoms with Crippen LogP contribution in [0.5, 0.6) is 0 Å². The van der Waals surface area contributed by atoms with E-state index in [-0.39, 0.29) is 4.90 Å². The molecule has 1 amide bonds. The quantitative estimate of drug-likeness (QED) is 0.830. The van der Waals surface area contributed by atoms with Crippen molar-refractivity contribution in [1.82, 2.24) is 4.90 Å². The van der Waals surface area contributed by atoms with Crippen molar-refractivity contribution in [3.05, 3.63) is 54.1 Å². The molecular weight excluding hydrogens is 338 g/mol. The van der Waals surface area contributed by atoms with Crippen LogP contribution in [0.4, 0.5) is 11.4 Å². The second kappa shape index (κ2) is 7.14. The van der Waals surface area contributed by atoms with E-state index < -0.39 is 10.0 Å². The van der Waals surface area contributed by atoms with Crippen molar-refractivity contribution in [2.45, 2.75) is 11.8 Å². The number of aryl methyl sites for hydroxylation is 1. The van der Waals surface area contributed by atoms with E-state index in [9.17, 15) is 13.2 Å². The van der Waals surface area contributed by atoms with Crippen molar-refractivity contribution in [3.63, 3.8) is 0 Å². The third kappa shape index (κ3) is 4.11. The second-order valence-corrected chi connectivity index (χ2v) is 7.78. The number of nitrogens with one attached hydrogen (secondary N) is 1. The van der Waals surface area contributed by atoms with Crippen LogP contribution < -0.4 is 9.62 Å². The van der Waals surface area contributed by atoms with Crippen LogP contribution in [0.1, 0.15) is 5.56 Å². The van der Waals surface area contributed by atoms with Crippen molar-refractivity contribution in [1.29, 1.82) is 0 Å². The third-order valence-electron chi connectivity index (χ3n) is 4.28. The fourth-order valence-corrected chi connectivity index (χ4v) is 3.82. The van der Waals surface area contributed by atoms with Crippen molar-refractivity contribution < 1.29 is 13.2 Å². The van der Waals surface area contributed by atoms with Gasteiger partial charge in [-0.1, -0.05) is 17.7 Å². The van der Waals surface area contributed by atoms with E-state index in [4.69, 9.17) is 0 Å². The van der Waals surface area contributed by atoms with Gasteiger partial charge in [0.25, 0.3) is 10.0 Å². The lowest BCUT2D eigenvalue weighted by Gasteiger charge is -2.34. The number of carbonyl (C=O) groups is 1. The first-order valence-electron chi connectivity index (χ1n) is 8.12. The third-order valence-corrected chi connectivity index (χ3v) is 5.68. The molecule has 0 radical (unpaired) electrons. The lowest BCUT2D eigenvalue weighted by molar-refractivity contribution is -0.118. The minimum absolute atomic E-state index is 0.243. The normalized spacial score (nSPS) is 15.1. The summed E-state index contributed by atoms with van der Waals surface area (Å²) in [5.41, 5.74) is 2.55. The Bertz CT molecular complexity index is 825. The fraction of sp³-hybridized carbons (Fsp3) is 0.278. The van der Waals surface area contributed by atoms with Crippen LogP contribution in [-0.2, 0) is 14.8 Å². The SMILES string of the molecule is Cc1ccc(S(=O)(=O)Nc2ccc(N3CCN(C=O)CC3)cc2)cc1. The maximum absolute atomic E-state index is 12.4. The molecule has 1 saturated heterocycles. The van der Waals surface area contributed by atoms with Crippen LogP contribution in [0.15, 0.2) is 53.4 Å². The Balaban J connectivity index is 1.68. The van der Waals surface area contributed by atoms with E-state index >= 15 is 0 Å². The molecule has 0 bridgehead atoms. The Morgan fingerprint density at radius 3 is 2.08 bits per heavy atom. The van der Waals surface area contributed by atoms with Crippen molar-refractivity contribution in [3.8, 4) is 0 Å². The van der Waals surface area contributed by atoms with E-state index in [1.807, 2.05) is 19.1 Å². The van der Waals surface area contributed by atoms with E-state index in [1.54, 1.807) is 41.3 Å². The molecule has 25 heavy (non-hydrogen) atoms. The molecule has 2 aromatic carbocycles. The summed E-state index contributed by atoms with van der Waals surface area (Å²) >= 11 is 0. The molecule has 132 valence electrons. The molecular formula is C18H21N3O3S. The molecule has 3 rings (SSSR count). The van der Waals surface area contributed by atoms with Gasteiger partial charge in [0, 0.05) is 37.6 Å². The van der Waals surface area contributed by atoms with Gasteiger partial charge in [-0.3, -0.25) is 9.52 Å². The predicted octanol–water partition coefficient (Wildman–Crippen LogP) is 2.07. The molecule has 2 aromatic rings. The standard InChI is InChI=1S/C18H21N3O3S/c1-15-2-8-18(9-3-15)25(23,24)19-16-4-6-17(7-5-16)21-12-10-20(14-22)11-13-21/h2-9,14,19H,10-13H2,1H3. The molecule has 1 fully saturated rings. The molecule has 1 aliphatic heterocycles. The number of piperazine rings is 1. The smallest absolute Gasteiger partial charge is 0.261 e. The highest BCUT2D eigenvalue weighted by Gasteiger charge is 2.17. The molecule has 0 aliphatic carbocycles. The molecule has 1 heterocycles. The van der Waals surface area contributed by atoms with E-state index in [1.165, 1.54) is 0 Å². The number of benzene rings is 2. The second-order valence-electron chi connectivity index (χ2n) is 6.09. The van der Waals surface area contributed by atoms with Gasteiger partial charge in [-0.25, -0.2) is 8.42 Å². The summed E-state index contributed by atoms with van der Waals surface area (Å²) in [4.78, 5) is 14.9. The van der Waals surface area contributed by atoms with Crippen LogP contribution in [0, 0.1) is 6.92 Å². The maximum Gasteiger partial charge on any atom is 0.261 e. The average molecular weight is 359 g/mol. The van der Waals surface area contributed by atoms with Crippen molar-refractivity contribution in [2.75, 3.05) is 35.8 Å². The summed E-state index contributed by atoms with van der Waals surface area (Å²) in [6, 6.07) is 14.0. The number of anilines is 2. The first kappa shape index (κ1) is 17.3. The summed E-state index contributed by atoms with van der Waals surface area (Å²) in [6.07, 6.45) is 0.875. The van der Waals surface area contributed by atoms with Crippen LogP contribution in [0.25, 0.3) is 0 Å². The van der Waals surface area contributed by atoms with Crippen LogP contribution in [0.3, 0.4) is 0 Å². The minimum atomic E-state index is -3.59.